The summed E-state index contributed by atoms with van der Waals surface area (Å²) in [6, 6.07) is 2.09. The van der Waals surface area contributed by atoms with Crippen LogP contribution in [0.1, 0.15) is 52.4 Å². The Kier molecular flexibility index (Phi) is 9.82. The molecule has 0 aliphatic rings. The number of nitrogens with zero attached hydrogens (tertiary/aromatic N) is 3. The van der Waals surface area contributed by atoms with Crippen molar-refractivity contribution in [3.63, 3.8) is 0 Å². The molecule has 0 fully saturated rings. The van der Waals surface area contributed by atoms with Crippen LogP contribution in [-0.4, -0.2) is 53.6 Å². The van der Waals surface area contributed by atoms with Gasteiger partial charge in [-0.1, -0.05) is 6.92 Å². The molecule has 8 heteroatoms. The van der Waals surface area contributed by atoms with Gasteiger partial charge in [0, 0.05) is 38.4 Å². The first-order valence-corrected chi connectivity index (χ1v) is 10.1. The van der Waals surface area contributed by atoms with E-state index in [1.54, 1.807) is 0 Å². The summed E-state index contributed by atoms with van der Waals surface area (Å²) < 4.78 is 7.25. The zero-order valence-electron chi connectivity index (χ0n) is 18.6. The third kappa shape index (κ3) is 10.2. The molecule has 0 spiro atoms. The number of amides is 1. The monoisotopic (exact) mass is 394 g/mol. The highest BCUT2D eigenvalue weighted by Gasteiger charge is 2.15. The predicted octanol–water partition coefficient (Wildman–Crippen LogP) is 2.61. The molecule has 0 aliphatic carbocycles. The molecule has 0 bridgehead atoms. The van der Waals surface area contributed by atoms with Gasteiger partial charge in [0.15, 0.2) is 5.96 Å². The maximum Gasteiger partial charge on any atom is 0.407 e. The minimum absolute atomic E-state index is 0.377. The number of aliphatic imine (C=N–C) groups is 1. The van der Waals surface area contributed by atoms with Crippen molar-refractivity contribution in [3.8, 4) is 0 Å². The van der Waals surface area contributed by atoms with Crippen molar-refractivity contribution >= 4 is 12.1 Å². The summed E-state index contributed by atoms with van der Waals surface area (Å²) in [6.07, 6.45) is 0.399. The topological polar surface area (TPSA) is 92.6 Å². The molecule has 160 valence electrons. The van der Waals surface area contributed by atoms with Crippen LogP contribution in [0.4, 0.5) is 4.79 Å². The first-order chi connectivity index (χ1) is 13.1. The Labute approximate surface area is 169 Å². The van der Waals surface area contributed by atoms with E-state index in [4.69, 9.17) is 4.74 Å². The van der Waals surface area contributed by atoms with E-state index in [1.165, 1.54) is 5.69 Å². The second-order valence-electron chi connectivity index (χ2n) is 8.14. The molecule has 0 radical (unpaired) electrons. The molecule has 0 saturated heterocycles. The molecule has 1 atom stereocenters. The first kappa shape index (κ1) is 23.8. The zero-order chi connectivity index (χ0) is 21.2. The molecule has 28 heavy (non-hydrogen) atoms. The van der Waals surface area contributed by atoms with Gasteiger partial charge in [0.2, 0.25) is 0 Å². The summed E-state index contributed by atoms with van der Waals surface area (Å²) >= 11 is 0. The van der Waals surface area contributed by atoms with Gasteiger partial charge < -0.3 is 20.7 Å². The zero-order valence-corrected chi connectivity index (χ0v) is 18.6. The van der Waals surface area contributed by atoms with E-state index in [0.29, 0.717) is 25.6 Å². The molecule has 8 nitrogen and oxygen atoms in total. The summed E-state index contributed by atoms with van der Waals surface area (Å²) in [5.74, 6) is 1.17. The molecule has 1 heterocycles. The summed E-state index contributed by atoms with van der Waals surface area (Å²) in [5.41, 5.74) is 1.75. The highest BCUT2D eigenvalue weighted by atomic mass is 16.6. The van der Waals surface area contributed by atoms with Crippen LogP contribution in [0.3, 0.4) is 0 Å². The van der Waals surface area contributed by atoms with Gasteiger partial charge in [0.25, 0.3) is 0 Å². The molecule has 0 aliphatic heterocycles. The molecule has 1 rings (SSSR count). The van der Waals surface area contributed by atoms with Crippen LogP contribution >= 0.6 is 0 Å². The Bertz CT molecular complexity index is 633. The van der Waals surface area contributed by atoms with Crippen molar-refractivity contribution in [2.45, 2.75) is 67.0 Å². The lowest BCUT2D eigenvalue weighted by Crippen LogP contribution is -2.39. The average Bonchev–Trinajstić information content (AvgIpc) is 2.87. The number of ether oxygens (including phenoxy) is 1. The van der Waals surface area contributed by atoms with Gasteiger partial charge in [0.05, 0.1) is 5.69 Å². The number of nitrogens with one attached hydrogen (secondary N) is 3. The number of hydrogen-bond acceptors (Lipinski definition) is 4. The van der Waals surface area contributed by atoms with E-state index in [1.807, 2.05) is 39.3 Å². The van der Waals surface area contributed by atoms with Gasteiger partial charge in [-0.05, 0) is 59.9 Å². The van der Waals surface area contributed by atoms with E-state index in [0.717, 1.165) is 31.2 Å². The smallest absolute Gasteiger partial charge is 0.407 e. The maximum atomic E-state index is 11.6. The lowest BCUT2D eigenvalue weighted by molar-refractivity contribution is 0.0527. The summed E-state index contributed by atoms with van der Waals surface area (Å²) in [5, 5.41) is 13.8. The van der Waals surface area contributed by atoms with Crippen LogP contribution in [0.15, 0.2) is 11.1 Å². The summed E-state index contributed by atoms with van der Waals surface area (Å²) in [6.45, 7) is 17.5. The molecule has 0 aromatic carbocycles. The molecular formula is C20H38N6O2. The van der Waals surface area contributed by atoms with E-state index >= 15 is 0 Å². The minimum atomic E-state index is -0.475. The second kappa shape index (κ2) is 11.6. The van der Waals surface area contributed by atoms with E-state index < -0.39 is 5.60 Å². The van der Waals surface area contributed by atoms with E-state index in [9.17, 15) is 4.79 Å². The summed E-state index contributed by atoms with van der Waals surface area (Å²) in [7, 11) is 0. The Balaban J connectivity index is 2.35. The maximum absolute atomic E-state index is 11.6. The van der Waals surface area contributed by atoms with Crippen molar-refractivity contribution < 1.29 is 9.53 Å². The lowest BCUT2D eigenvalue weighted by Gasteiger charge is -2.19. The Morgan fingerprint density at radius 2 is 1.93 bits per heavy atom. The average molecular weight is 395 g/mol. The number of carbonyl (C=O) groups excluding carboxylic acids is 1. The SMILES string of the molecule is CCNC(=NCC(C)Cn1nc(C)cc1C)NCCCNC(=O)OC(C)(C)C. The number of aromatic nitrogens is 2. The van der Waals surface area contributed by atoms with Gasteiger partial charge in [-0.2, -0.15) is 5.10 Å². The Morgan fingerprint density at radius 3 is 2.50 bits per heavy atom. The van der Waals surface area contributed by atoms with Gasteiger partial charge in [-0.3, -0.25) is 9.67 Å². The Morgan fingerprint density at radius 1 is 1.25 bits per heavy atom. The first-order valence-electron chi connectivity index (χ1n) is 10.1. The number of alkyl carbamates (subject to hydrolysis) is 1. The van der Waals surface area contributed by atoms with Crippen molar-refractivity contribution in [2.75, 3.05) is 26.2 Å². The van der Waals surface area contributed by atoms with E-state index in [-0.39, 0.29) is 6.09 Å². The van der Waals surface area contributed by atoms with Crippen LogP contribution < -0.4 is 16.0 Å². The van der Waals surface area contributed by atoms with Crippen LogP contribution in [-0.2, 0) is 11.3 Å². The fourth-order valence-electron chi connectivity index (χ4n) is 2.60. The van der Waals surface area contributed by atoms with Gasteiger partial charge >= 0.3 is 6.09 Å². The number of guanidine groups is 1. The largest absolute Gasteiger partial charge is 0.444 e. The predicted molar refractivity (Wildman–Crippen MR) is 114 cm³/mol. The van der Waals surface area contributed by atoms with Crippen molar-refractivity contribution in [1.29, 1.82) is 0 Å². The van der Waals surface area contributed by atoms with Crippen LogP contribution in [0, 0.1) is 19.8 Å². The minimum Gasteiger partial charge on any atom is -0.444 e. The fraction of sp³-hybridized carbons (Fsp3) is 0.750. The van der Waals surface area contributed by atoms with Crippen LogP contribution in [0.25, 0.3) is 0 Å². The molecule has 1 amide bonds. The fourth-order valence-corrected chi connectivity index (χ4v) is 2.60. The Hall–Kier alpha value is -2.25. The number of hydrogen-bond donors (Lipinski definition) is 3. The second-order valence-corrected chi connectivity index (χ2v) is 8.14. The quantitative estimate of drug-likeness (QED) is 0.340. The molecule has 0 saturated carbocycles. The van der Waals surface area contributed by atoms with Crippen molar-refractivity contribution in [1.82, 2.24) is 25.7 Å². The summed E-state index contributed by atoms with van der Waals surface area (Å²) in [4.78, 5) is 16.3. The number of carbonyl (C=O) groups is 1. The van der Waals surface area contributed by atoms with Gasteiger partial charge in [0.1, 0.15) is 5.60 Å². The van der Waals surface area contributed by atoms with Gasteiger partial charge in [-0.15, -0.1) is 0 Å². The number of aryl methyl sites for hydroxylation is 2. The number of rotatable bonds is 9. The molecule has 1 unspecified atom stereocenters. The highest BCUT2D eigenvalue weighted by Crippen LogP contribution is 2.07. The lowest BCUT2D eigenvalue weighted by atomic mass is 10.2. The molecular weight excluding hydrogens is 356 g/mol. The van der Waals surface area contributed by atoms with Gasteiger partial charge in [-0.25, -0.2) is 4.79 Å². The van der Waals surface area contributed by atoms with Crippen LogP contribution in [0.2, 0.25) is 0 Å². The normalized spacial score (nSPS) is 13.2. The highest BCUT2D eigenvalue weighted by molar-refractivity contribution is 5.79. The van der Waals surface area contributed by atoms with E-state index in [2.05, 4.69) is 46.0 Å². The van der Waals surface area contributed by atoms with Crippen molar-refractivity contribution in [2.24, 2.45) is 10.9 Å². The van der Waals surface area contributed by atoms with Crippen molar-refractivity contribution in [3.05, 3.63) is 17.5 Å². The standard InChI is InChI=1S/C20H38N6O2/c1-8-21-18(22-10-9-11-23-19(27)28-20(5,6)7)24-13-15(2)14-26-17(4)12-16(3)25-26/h12,15H,8-11,13-14H2,1-7H3,(H,23,27)(H2,21,22,24). The third-order valence-corrected chi connectivity index (χ3v) is 3.81. The molecule has 1 aromatic heterocycles. The molecule has 1 aromatic rings. The van der Waals surface area contributed by atoms with Crippen LogP contribution in [0.5, 0.6) is 0 Å². The third-order valence-electron chi connectivity index (χ3n) is 3.81. The molecule has 3 N–H and O–H groups in total.